The Morgan fingerprint density at radius 3 is 2.50 bits per heavy atom. The van der Waals surface area contributed by atoms with Crippen molar-refractivity contribution in [3.05, 3.63) is 0 Å². The van der Waals surface area contributed by atoms with Crippen LogP contribution in [0.5, 0.6) is 0 Å². The molecule has 0 spiro atoms. The van der Waals surface area contributed by atoms with Gasteiger partial charge in [0.15, 0.2) is 0 Å². The van der Waals surface area contributed by atoms with Crippen LogP contribution in [0.25, 0.3) is 0 Å². The third-order valence-corrected chi connectivity index (χ3v) is 6.55. The maximum Gasteiger partial charge on any atom is 0.282 e. The highest BCUT2D eigenvalue weighted by Crippen LogP contribution is 2.20. The van der Waals surface area contributed by atoms with Crippen molar-refractivity contribution in [3.8, 4) is 0 Å². The quantitative estimate of drug-likeness (QED) is 0.791. The van der Waals surface area contributed by atoms with Gasteiger partial charge in [-0.3, -0.25) is 0 Å². The lowest BCUT2D eigenvalue weighted by Gasteiger charge is -2.37. The molecule has 0 aliphatic carbocycles. The van der Waals surface area contributed by atoms with Gasteiger partial charge in [-0.2, -0.15) is 17.0 Å². The number of nitrogens with zero attached hydrogens (tertiary/aromatic N) is 3. The Morgan fingerprint density at radius 2 is 1.85 bits per heavy atom. The lowest BCUT2D eigenvalue weighted by atomic mass is 10.1. The molecule has 0 saturated carbocycles. The Kier molecular flexibility index (Phi) is 5.80. The maximum atomic E-state index is 12.7. The summed E-state index contributed by atoms with van der Waals surface area (Å²) in [6.45, 7) is 8.09. The second-order valence-electron chi connectivity index (χ2n) is 5.69. The molecule has 2 rings (SSSR count). The molecule has 2 aliphatic rings. The molecule has 0 aromatic carbocycles. The largest absolute Gasteiger partial charge is 0.315 e. The summed E-state index contributed by atoms with van der Waals surface area (Å²) in [6.07, 6.45) is 2.77. The zero-order valence-corrected chi connectivity index (χ0v) is 13.5. The number of rotatable bonds is 4. The number of hydrogen-bond acceptors (Lipinski definition) is 4. The van der Waals surface area contributed by atoms with Crippen LogP contribution in [0.15, 0.2) is 0 Å². The first-order chi connectivity index (χ1) is 9.55. The van der Waals surface area contributed by atoms with Gasteiger partial charge in [-0.1, -0.05) is 6.92 Å². The second-order valence-corrected chi connectivity index (χ2v) is 7.68. The van der Waals surface area contributed by atoms with Crippen molar-refractivity contribution in [3.63, 3.8) is 0 Å². The third-order valence-electron chi connectivity index (χ3n) is 4.51. The van der Waals surface area contributed by atoms with Crippen molar-refractivity contribution in [2.75, 3.05) is 52.9 Å². The Hall–Kier alpha value is -0.210. The van der Waals surface area contributed by atoms with Gasteiger partial charge in [-0.25, -0.2) is 0 Å². The minimum absolute atomic E-state index is 0.152. The van der Waals surface area contributed by atoms with Crippen molar-refractivity contribution in [1.29, 1.82) is 0 Å². The summed E-state index contributed by atoms with van der Waals surface area (Å²) < 4.78 is 28.7. The normalized spacial score (nSPS) is 24.9. The van der Waals surface area contributed by atoms with Crippen LogP contribution in [0.3, 0.4) is 0 Å². The summed E-state index contributed by atoms with van der Waals surface area (Å²) in [7, 11) is -1.55. The molecule has 0 bridgehead atoms. The lowest BCUT2D eigenvalue weighted by molar-refractivity contribution is 0.171. The Morgan fingerprint density at radius 1 is 1.15 bits per heavy atom. The molecule has 1 N–H and O–H groups in total. The number of likely N-dealkylation sites (tertiary alicyclic amines) is 1. The van der Waals surface area contributed by atoms with E-state index in [2.05, 4.69) is 17.1 Å². The molecule has 0 radical (unpaired) electrons. The average Bonchev–Trinajstić information content (AvgIpc) is 2.76. The summed E-state index contributed by atoms with van der Waals surface area (Å²) >= 11 is 0. The van der Waals surface area contributed by atoms with Crippen molar-refractivity contribution >= 4 is 10.2 Å². The fourth-order valence-electron chi connectivity index (χ4n) is 3.02. The van der Waals surface area contributed by atoms with Crippen molar-refractivity contribution in [2.45, 2.75) is 32.2 Å². The van der Waals surface area contributed by atoms with Gasteiger partial charge in [-0.15, -0.1) is 0 Å². The van der Waals surface area contributed by atoms with Gasteiger partial charge in [0, 0.05) is 32.7 Å². The Labute approximate surface area is 123 Å². The first-order valence-corrected chi connectivity index (χ1v) is 9.11. The number of piperidine rings is 1. The molecule has 0 amide bonds. The minimum atomic E-state index is -3.30. The van der Waals surface area contributed by atoms with E-state index in [1.165, 1.54) is 0 Å². The molecular formula is C13H28N4O2S. The smallest absolute Gasteiger partial charge is 0.282 e. The van der Waals surface area contributed by atoms with E-state index in [1.807, 2.05) is 0 Å². The summed E-state index contributed by atoms with van der Waals surface area (Å²) in [4.78, 5) is 2.38. The van der Waals surface area contributed by atoms with Gasteiger partial charge >= 0.3 is 0 Å². The lowest BCUT2D eigenvalue weighted by Crippen LogP contribution is -2.51. The highest BCUT2D eigenvalue weighted by molar-refractivity contribution is 7.86. The fourth-order valence-corrected chi connectivity index (χ4v) is 4.66. The highest BCUT2D eigenvalue weighted by atomic mass is 32.2. The van der Waals surface area contributed by atoms with Crippen LogP contribution in [0.4, 0.5) is 0 Å². The Bertz CT molecular complexity index is 385. The van der Waals surface area contributed by atoms with Crippen LogP contribution < -0.4 is 5.32 Å². The van der Waals surface area contributed by atoms with Crippen molar-refractivity contribution in [1.82, 2.24) is 18.8 Å². The molecule has 0 aromatic rings. The molecule has 0 unspecified atom stereocenters. The van der Waals surface area contributed by atoms with E-state index in [0.717, 1.165) is 52.0 Å². The van der Waals surface area contributed by atoms with Gasteiger partial charge in [0.25, 0.3) is 10.2 Å². The first kappa shape index (κ1) is 16.2. The second kappa shape index (κ2) is 7.17. The average molecular weight is 304 g/mol. The molecule has 2 fully saturated rings. The van der Waals surface area contributed by atoms with E-state index in [-0.39, 0.29) is 6.04 Å². The first-order valence-electron chi connectivity index (χ1n) is 7.72. The van der Waals surface area contributed by atoms with Gasteiger partial charge in [-0.05, 0) is 45.4 Å². The molecular weight excluding hydrogens is 276 g/mol. The maximum absolute atomic E-state index is 12.7. The number of hydrogen-bond donors (Lipinski definition) is 1. The van der Waals surface area contributed by atoms with Gasteiger partial charge in [0.05, 0.1) is 0 Å². The predicted molar refractivity (Wildman–Crippen MR) is 80.9 cm³/mol. The topological polar surface area (TPSA) is 55.9 Å². The molecule has 2 heterocycles. The number of nitrogens with one attached hydrogen (secondary N) is 1. The van der Waals surface area contributed by atoms with E-state index < -0.39 is 10.2 Å². The monoisotopic (exact) mass is 304 g/mol. The van der Waals surface area contributed by atoms with Crippen LogP contribution in [0, 0.1) is 0 Å². The zero-order chi connectivity index (χ0) is 14.6. The Balaban J connectivity index is 1.97. The van der Waals surface area contributed by atoms with E-state index in [0.29, 0.717) is 13.1 Å². The van der Waals surface area contributed by atoms with Crippen molar-refractivity contribution in [2.24, 2.45) is 0 Å². The molecule has 7 heteroatoms. The third kappa shape index (κ3) is 3.71. The summed E-state index contributed by atoms with van der Waals surface area (Å²) in [5.74, 6) is 0. The molecule has 20 heavy (non-hydrogen) atoms. The SMILES string of the molecule is CCN1CCC(N(C)S(=O)(=O)N2CCCNCC2)CC1. The highest BCUT2D eigenvalue weighted by Gasteiger charge is 2.33. The summed E-state index contributed by atoms with van der Waals surface area (Å²) in [6, 6.07) is 0.152. The van der Waals surface area contributed by atoms with Crippen LogP contribution >= 0.6 is 0 Å². The molecule has 6 nitrogen and oxygen atoms in total. The molecule has 2 saturated heterocycles. The minimum Gasteiger partial charge on any atom is -0.315 e. The summed E-state index contributed by atoms with van der Waals surface area (Å²) in [5, 5.41) is 3.25. The van der Waals surface area contributed by atoms with Crippen LogP contribution in [-0.2, 0) is 10.2 Å². The molecule has 0 atom stereocenters. The van der Waals surface area contributed by atoms with Gasteiger partial charge in [0.2, 0.25) is 0 Å². The van der Waals surface area contributed by atoms with E-state index in [4.69, 9.17) is 0 Å². The van der Waals surface area contributed by atoms with E-state index >= 15 is 0 Å². The molecule has 118 valence electrons. The zero-order valence-electron chi connectivity index (χ0n) is 12.7. The van der Waals surface area contributed by atoms with Crippen LogP contribution in [0.1, 0.15) is 26.2 Å². The standard InChI is InChI=1S/C13H28N4O2S/c1-3-16-10-5-13(6-11-16)15(2)20(18,19)17-9-4-7-14-8-12-17/h13-14H,3-12H2,1-2H3. The van der Waals surface area contributed by atoms with Gasteiger partial charge in [0.1, 0.15) is 0 Å². The van der Waals surface area contributed by atoms with Crippen LogP contribution in [0.2, 0.25) is 0 Å². The molecule has 0 aromatic heterocycles. The fraction of sp³-hybridized carbons (Fsp3) is 1.00. The summed E-state index contributed by atoms with van der Waals surface area (Å²) in [5.41, 5.74) is 0. The van der Waals surface area contributed by atoms with Crippen LogP contribution in [-0.4, -0.2) is 80.8 Å². The van der Waals surface area contributed by atoms with E-state index in [1.54, 1.807) is 15.7 Å². The molecule has 2 aliphatic heterocycles. The van der Waals surface area contributed by atoms with Crippen molar-refractivity contribution < 1.29 is 8.42 Å². The van der Waals surface area contributed by atoms with E-state index in [9.17, 15) is 8.42 Å². The predicted octanol–water partition coefficient (Wildman–Crippen LogP) is -0.0574. The van der Waals surface area contributed by atoms with Gasteiger partial charge < -0.3 is 10.2 Å².